The number of esters is 2. The summed E-state index contributed by atoms with van der Waals surface area (Å²) in [5.74, 6) is -2.53. The summed E-state index contributed by atoms with van der Waals surface area (Å²) in [6.45, 7) is 1.05. The summed E-state index contributed by atoms with van der Waals surface area (Å²) in [7, 11) is 2.31. The summed E-state index contributed by atoms with van der Waals surface area (Å²) in [6, 6.07) is 4.54. The first kappa shape index (κ1) is 25.4. The van der Waals surface area contributed by atoms with Crippen molar-refractivity contribution in [2.75, 3.05) is 14.2 Å². The molecule has 0 unspecified atom stereocenters. The molecule has 184 valence electrons. The molecular formula is C21H18BrN3O10. The molecule has 2 aromatic rings. The highest BCUT2D eigenvalue weighted by Gasteiger charge is 2.35. The number of rotatable bonds is 8. The van der Waals surface area contributed by atoms with Gasteiger partial charge in [-0.3, -0.25) is 19.8 Å². The van der Waals surface area contributed by atoms with E-state index in [1.54, 1.807) is 0 Å². The third-order valence-corrected chi connectivity index (χ3v) is 5.17. The topological polar surface area (TPSA) is 168 Å². The summed E-state index contributed by atoms with van der Waals surface area (Å²) < 4.78 is 20.2. The second-order valence-electron chi connectivity index (χ2n) is 7.02. The molecule has 0 radical (unpaired) electrons. The lowest BCUT2D eigenvalue weighted by molar-refractivity contribution is -0.386. The number of furan rings is 1. The van der Waals surface area contributed by atoms with Crippen molar-refractivity contribution in [3.8, 4) is 5.75 Å². The van der Waals surface area contributed by atoms with Crippen LogP contribution in [0.1, 0.15) is 28.8 Å². The van der Waals surface area contributed by atoms with Crippen LogP contribution in [0.25, 0.3) is 6.08 Å². The Morgan fingerprint density at radius 3 is 2.60 bits per heavy atom. The highest BCUT2D eigenvalue weighted by atomic mass is 79.9. The summed E-state index contributed by atoms with van der Waals surface area (Å²) in [6.07, 6.45) is -0.0235. The molecule has 0 spiro atoms. The van der Waals surface area contributed by atoms with E-state index >= 15 is 0 Å². The predicted octanol–water partition coefficient (Wildman–Crippen LogP) is 2.77. The molecule has 1 aliphatic rings. The number of urea groups is 1. The van der Waals surface area contributed by atoms with Crippen LogP contribution in [-0.4, -0.2) is 54.0 Å². The molecule has 2 heterocycles. The van der Waals surface area contributed by atoms with Crippen molar-refractivity contribution < 1.29 is 42.7 Å². The molecule has 13 nitrogen and oxygen atoms in total. The number of imide groups is 1. The minimum atomic E-state index is -1.20. The van der Waals surface area contributed by atoms with Crippen molar-refractivity contribution in [2.24, 2.45) is 0 Å². The zero-order valence-corrected chi connectivity index (χ0v) is 20.1. The van der Waals surface area contributed by atoms with Crippen LogP contribution in [0, 0.1) is 10.1 Å². The van der Waals surface area contributed by atoms with Gasteiger partial charge in [0.25, 0.3) is 5.91 Å². The lowest BCUT2D eigenvalue weighted by Crippen LogP contribution is -2.30. The third-order valence-electron chi connectivity index (χ3n) is 4.71. The lowest BCUT2D eigenvalue weighted by atomic mass is 10.1. The van der Waals surface area contributed by atoms with Gasteiger partial charge in [0, 0.05) is 16.1 Å². The quantitative estimate of drug-likeness (QED) is 0.169. The molecule has 3 rings (SSSR count). The zero-order valence-electron chi connectivity index (χ0n) is 18.5. The first-order chi connectivity index (χ1) is 16.5. The van der Waals surface area contributed by atoms with Gasteiger partial charge in [0.05, 0.1) is 25.7 Å². The van der Waals surface area contributed by atoms with Gasteiger partial charge in [0.1, 0.15) is 11.5 Å². The monoisotopic (exact) mass is 551 g/mol. The molecule has 1 saturated heterocycles. The van der Waals surface area contributed by atoms with Gasteiger partial charge in [0.15, 0.2) is 6.10 Å². The number of hydrogen-bond acceptors (Lipinski definition) is 10. The number of hydrogen-bond donors (Lipinski definition) is 1. The zero-order chi connectivity index (χ0) is 25.9. The highest BCUT2D eigenvalue weighted by Crippen LogP contribution is 2.37. The van der Waals surface area contributed by atoms with Crippen molar-refractivity contribution in [2.45, 2.75) is 19.6 Å². The highest BCUT2D eigenvalue weighted by molar-refractivity contribution is 9.10. The molecule has 3 amide bonds. The third kappa shape index (κ3) is 5.48. The minimum absolute atomic E-state index is 0.0401. The van der Waals surface area contributed by atoms with Gasteiger partial charge in [-0.1, -0.05) is 15.9 Å². The van der Waals surface area contributed by atoms with Gasteiger partial charge < -0.3 is 23.9 Å². The number of benzene rings is 1. The number of carbonyl (C=O) groups excluding carboxylic acids is 4. The van der Waals surface area contributed by atoms with Crippen LogP contribution in [0.2, 0.25) is 0 Å². The maximum atomic E-state index is 12.9. The van der Waals surface area contributed by atoms with E-state index in [0.29, 0.717) is 0 Å². The smallest absolute Gasteiger partial charge is 0.373 e. The largest absolute Gasteiger partial charge is 0.471 e. The number of ether oxygens (including phenoxy) is 3. The van der Waals surface area contributed by atoms with Crippen molar-refractivity contribution in [3.63, 3.8) is 0 Å². The van der Waals surface area contributed by atoms with Gasteiger partial charge >= 0.3 is 23.7 Å². The van der Waals surface area contributed by atoms with Gasteiger partial charge in [-0.25, -0.2) is 14.4 Å². The number of carbonyl (C=O) groups is 4. The van der Waals surface area contributed by atoms with Crippen LogP contribution in [0.4, 0.5) is 10.5 Å². The van der Waals surface area contributed by atoms with Gasteiger partial charge in [0.2, 0.25) is 11.5 Å². The van der Waals surface area contributed by atoms with Crippen LogP contribution >= 0.6 is 15.9 Å². The lowest BCUT2D eigenvalue weighted by Gasteiger charge is -2.15. The van der Waals surface area contributed by atoms with Crippen LogP contribution in [0.5, 0.6) is 5.75 Å². The second-order valence-corrected chi connectivity index (χ2v) is 7.94. The summed E-state index contributed by atoms with van der Waals surface area (Å²) in [5, 5.41) is 14.0. The molecule has 0 saturated carbocycles. The fraction of sp³-hybridized carbons (Fsp3) is 0.238. The van der Waals surface area contributed by atoms with Crippen LogP contribution in [0.15, 0.2) is 38.9 Å². The van der Waals surface area contributed by atoms with Crippen molar-refractivity contribution >= 4 is 51.6 Å². The molecule has 1 atom stereocenters. The van der Waals surface area contributed by atoms with Crippen molar-refractivity contribution in [1.82, 2.24) is 10.2 Å². The molecular weight excluding hydrogens is 534 g/mol. The first-order valence-corrected chi connectivity index (χ1v) is 10.6. The molecule has 35 heavy (non-hydrogen) atoms. The number of methoxy groups -OCH3 is 2. The Morgan fingerprint density at radius 2 is 1.97 bits per heavy atom. The SMILES string of the molecule is COC(=O)c1ccc(CN2C(=O)N/C(=C\c3cc(Br)cc([N+](=O)[O-])c3O[C@H](C)C(=O)OC)C2=O)o1. The first-order valence-electron chi connectivity index (χ1n) is 9.79. The number of nitrogens with zero attached hydrogens (tertiary/aromatic N) is 2. The van der Waals surface area contributed by atoms with E-state index in [9.17, 15) is 29.3 Å². The number of nitrogens with one attached hydrogen (secondary N) is 1. The van der Waals surface area contributed by atoms with Gasteiger partial charge in [-0.05, 0) is 31.2 Å². The molecule has 1 fully saturated rings. The Labute approximate surface area is 205 Å². The average Bonchev–Trinajstić information content (AvgIpc) is 3.39. The maximum Gasteiger partial charge on any atom is 0.373 e. The summed E-state index contributed by atoms with van der Waals surface area (Å²) >= 11 is 3.16. The van der Waals surface area contributed by atoms with Gasteiger partial charge in [-0.2, -0.15) is 0 Å². The predicted molar refractivity (Wildman–Crippen MR) is 120 cm³/mol. The Kier molecular flexibility index (Phi) is 7.54. The Balaban J connectivity index is 1.95. The van der Waals surface area contributed by atoms with Crippen molar-refractivity contribution in [3.05, 3.63) is 61.6 Å². The molecule has 1 N–H and O–H groups in total. The average molecular weight is 552 g/mol. The maximum absolute atomic E-state index is 12.9. The molecule has 0 aliphatic carbocycles. The van der Waals surface area contributed by atoms with E-state index < -0.39 is 40.6 Å². The van der Waals surface area contributed by atoms with E-state index in [1.165, 1.54) is 44.4 Å². The number of nitro groups is 1. The Morgan fingerprint density at radius 1 is 1.26 bits per heavy atom. The normalized spacial score (nSPS) is 15.1. The van der Waals surface area contributed by atoms with E-state index in [0.717, 1.165) is 12.0 Å². The summed E-state index contributed by atoms with van der Waals surface area (Å²) in [5.41, 5.74) is -0.655. The van der Waals surface area contributed by atoms with E-state index in [1.807, 2.05) is 0 Å². The molecule has 14 heteroatoms. The second kappa shape index (κ2) is 10.4. The molecule has 1 aliphatic heterocycles. The molecule has 1 aromatic heterocycles. The molecule has 1 aromatic carbocycles. The number of halogens is 1. The fourth-order valence-electron chi connectivity index (χ4n) is 3.06. The Bertz CT molecular complexity index is 1250. The standard InChI is InChI=1S/C21H18BrN3O10/c1-10(19(27)32-2)34-17-11(6-12(22)8-15(17)25(30)31)7-14-18(26)24(21(29)23-14)9-13-4-5-16(35-13)20(28)33-3/h4-8,10H,9H2,1-3H3,(H,23,29)/b14-7-/t10-/m1/s1. The number of amides is 3. The van der Waals surface area contributed by atoms with Crippen LogP contribution in [-0.2, 0) is 25.6 Å². The van der Waals surface area contributed by atoms with Crippen LogP contribution < -0.4 is 10.1 Å². The van der Waals surface area contributed by atoms with Gasteiger partial charge in [-0.15, -0.1) is 0 Å². The van der Waals surface area contributed by atoms with E-state index in [-0.39, 0.29) is 39.5 Å². The van der Waals surface area contributed by atoms with Crippen LogP contribution in [0.3, 0.4) is 0 Å². The number of nitro benzene ring substituents is 1. The summed E-state index contributed by atoms with van der Waals surface area (Å²) in [4.78, 5) is 60.4. The van der Waals surface area contributed by atoms with E-state index in [4.69, 9.17) is 9.15 Å². The Hall–Kier alpha value is -4.20. The fourth-order valence-corrected chi connectivity index (χ4v) is 3.53. The van der Waals surface area contributed by atoms with Crippen molar-refractivity contribution in [1.29, 1.82) is 0 Å². The van der Waals surface area contributed by atoms with E-state index in [2.05, 4.69) is 30.7 Å². The minimum Gasteiger partial charge on any atom is -0.471 e. The molecule has 0 bridgehead atoms.